The molecule has 10 heteroatoms. The lowest BCUT2D eigenvalue weighted by molar-refractivity contribution is 0.257. The van der Waals surface area contributed by atoms with Crippen molar-refractivity contribution in [1.29, 1.82) is 5.26 Å². The number of anilines is 1. The molecule has 0 amide bonds. The van der Waals surface area contributed by atoms with Crippen LogP contribution < -0.4 is 4.90 Å². The summed E-state index contributed by atoms with van der Waals surface area (Å²) < 4.78 is 15.8. The van der Waals surface area contributed by atoms with E-state index < -0.39 is 6.67 Å². The Hall–Kier alpha value is -3.32. The fourth-order valence-electron chi connectivity index (χ4n) is 3.98. The summed E-state index contributed by atoms with van der Waals surface area (Å²) in [5, 5.41) is 15.4. The number of aromatic amines is 1. The number of fused-ring (bicyclic) bond motifs is 1. The first-order valence-corrected chi connectivity index (χ1v) is 10.1. The predicted octanol–water partition coefficient (Wildman–Crippen LogP) is 3.19. The van der Waals surface area contributed by atoms with Gasteiger partial charge < -0.3 is 9.88 Å². The van der Waals surface area contributed by atoms with E-state index in [4.69, 9.17) is 0 Å². The lowest BCUT2D eigenvalue weighted by atomic mass is 10.0. The van der Waals surface area contributed by atoms with Gasteiger partial charge in [-0.05, 0) is 12.5 Å². The first-order chi connectivity index (χ1) is 14.3. The minimum atomic E-state index is -0.503. The van der Waals surface area contributed by atoms with Gasteiger partial charge in [0.25, 0.3) is 0 Å². The lowest BCUT2D eigenvalue weighted by Gasteiger charge is -2.22. The summed E-state index contributed by atoms with van der Waals surface area (Å²) in [6.07, 6.45) is 7.74. The third-order valence-electron chi connectivity index (χ3n) is 5.44. The zero-order chi connectivity index (χ0) is 19.8. The van der Waals surface area contributed by atoms with Crippen LogP contribution in [0.15, 0.2) is 36.5 Å². The first kappa shape index (κ1) is 17.8. The summed E-state index contributed by atoms with van der Waals surface area (Å²) in [5.74, 6) is 0.0964. The van der Waals surface area contributed by atoms with E-state index in [1.165, 1.54) is 17.7 Å². The molecule has 0 spiro atoms. The van der Waals surface area contributed by atoms with E-state index in [0.29, 0.717) is 12.2 Å². The number of aromatic nitrogens is 6. The van der Waals surface area contributed by atoms with Crippen molar-refractivity contribution in [3.8, 4) is 17.3 Å². The molecule has 1 unspecified atom stereocenters. The zero-order valence-corrected chi connectivity index (χ0v) is 16.2. The molecule has 5 heterocycles. The van der Waals surface area contributed by atoms with Gasteiger partial charge >= 0.3 is 0 Å². The highest BCUT2D eigenvalue weighted by molar-refractivity contribution is 7.14. The van der Waals surface area contributed by atoms with Crippen molar-refractivity contribution in [2.75, 3.05) is 24.7 Å². The Kier molecular flexibility index (Phi) is 4.44. The first-order valence-electron chi connectivity index (χ1n) is 9.25. The van der Waals surface area contributed by atoms with Crippen LogP contribution in [0.5, 0.6) is 0 Å². The van der Waals surface area contributed by atoms with Crippen molar-refractivity contribution in [2.24, 2.45) is 5.92 Å². The molecule has 4 aromatic heterocycles. The maximum Gasteiger partial charge on any atom is 0.175 e. The topological polar surface area (TPSA) is 99.3 Å². The van der Waals surface area contributed by atoms with Gasteiger partial charge in [0, 0.05) is 42.4 Å². The number of hydrogen-bond donors (Lipinski definition) is 1. The fourth-order valence-corrected chi connectivity index (χ4v) is 4.77. The van der Waals surface area contributed by atoms with Crippen LogP contribution >= 0.6 is 11.3 Å². The predicted molar refractivity (Wildman–Crippen MR) is 107 cm³/mol. The van der Waals surface area contributed by atoms with E-state index in [0.717, 1.165) is 40.3 Å². The number of nitrogens with zero attached hydrogens (tertiary/aromatic N) is 7. The van der Waals surface area contributed by atoms with E-state index in [1.54, 1.807) is 16.4 Å². The van der Waals surface area contributed by atoms with Gasteiger partial charge in [-0.1, -0.05) is 0 Å². The molecule has 8 nitrogen and oxygen atoms in total. The Bertz CT molecular complexity index is 1190. The highest BCUT2D eigenvalue weighted by Gasteiger charge is 2.33. The molecule has 0 saturated carbocycles. The number of thiazole rings is 1. The molecule has 1 N–H and O–H groups in total. The van der Waals surface area contributed by atoms with Crippen LogP contribution in [-0.2, 0) is 0 Å². The smallest absolute Gasteiger partial charge is 0.175 e. The van der Waals surface area contributed by atoms with Gasteiger partial charge in [-0.25, -0.2) is 19.3 Å². The molecule has 0 aromatic carbocycles. The van der Waals surface area contributed by atoms with E-state index in [2.05, 4.69) is 36.0 Å². The lowest BCUT2D eigenvalue weighted by Crippen LogP contribution is -2.26. The van der Waals surface area contributed by atoms with Gasteiger partial charge in [0.05, 0.1) is 23.4 Å². The van der Waals surface area contributed by atoms with Crippen LogP contribution in [0.2, 0.25) is 0 Å². The summed E-state index contributed by atoms with van der Waals surface area (Å²) in [4.78, 5) is 17.9. The molecular weight excluding hydrogens is 391 g/mol. The largest absolute Gasteiger partial charge is 0.361 e. The summed E-state index contributed by atoms with van der Waals surface area (Å²) in [5.41, 5.74) is 4.48. The van der Waals surface area contributed by atoms with Crippen LogP contribution in [0, 0.1) is 17.2 Å². The highest BCUT2D eigenvalue weighted by Crippen LogP contribution is 2.35. The van der Waals surface area contributed by atoms with Crippen molar-refractivity contribution in [3.05, 3.63) is 42.2 Å². The zero-order valence-electron chi connectivity index (χ0n) is 15.4. The molecule has 0 aliphatic carbocycles. The number of nitrogens with one attached hydrogen (secondary N) is 1. The molecule has 1 aliphatic rings. The van der Waals surface area contributed by atoms with Gasteiger partial charge in [-0.3, -0.25) is 4.68 Å². The molecule has 0 radical (unpaired) electrons. The second-order valence-electron chi connectivity index (χ2n) is 7.01. The SMILES string of the molecule is N#Cc1ncsc1N1CC[C@H](C(CF)n2cc(-c3ncnc4[nH]ccc34)cn2)C1. The van der Waals surface area contributed by atoms with Crippen LogP contribution in [-0.4, -0.2) is 49.5 Å². The van der Waals surface area contributed by atoms with Gasteiger partial charge in [0.1, 0.15) is 29.7 Å². The molecule has 2 atom stereocenters. The van der Waals surface area contributed by atoms with E-state index in [1.807, 2.05) is 18.5 Å². The molecule has 1 saturated heterocycles. The fraction of sp³-hybridized carbons (Fsp3) is 0.316. The minimum absolute atomic E-state index is 0.0964. The monoisotopic (exact) mass is 408 g/mol. The highest BCUT2D eigenvalue weighted by atomic mass is 32.1. The van der Waals surface area contributed by atoms with Gasteiger partial charge in [-0.2, -0.15) is 10.4 Å². The molecule has 29 heavy (non-hydrogen) atoms. The van der Waals surface area contributed by atoms with Gasteiger partial charge in [-0.15, -0.1) is 11.3 Å². The van der Waals surface area contributed by atoms with Crippen LogP contribution in [0.1, 0.15) is 18.2 Å². The van der Waals surface area contributed by atoms with Crippen molar-refractivity contribution >= 4 is 27.4 Å². The molecule has 1 aliphatic heterocycles. The van der Waals surface area contributed by atoms with Crippen molar-refractivity contribution in [3.63, 3.8) is 0 Å². The molecular formula is C19H17FN8S. The third-order valence-corrected chi connectivity index (χ3v) is 6.32. The van der Waals surface area contributed by atoms with E-state index in [-0.39, 0.29) is 12.0 Å². The summed E-state index contributed by atoms with van der Waals surface area (Å²) in [6, 6.07) is 3.68. The molecule has 4 aromatic rings. The number of halogens is 1. The summed E-state index contributed by atoms with van der Waals surface area (Å²) >= 11 is 1.45. The Morgan fingerprint density at radius 2 is 2.31 bits per heavy atom. The maximum absolute atomic E-state index is 14.1. The van der Waals surface area contributed by atoms with Crippen LogP contribution in [0.25, 0.3) is 22.3 Å². The number of nitriles is 1. The van der Waals surface area contributed by atoms with Gasteiger partial charge in [0.2, 0.25) is 0 Å². The average molecular weight is 408 g/mol. The van der Waals surface area contributed by atoms with Gasteiger partial charge in [0.15, 0.2) is 5.69 Å². The third kappa shape index (κ3) is 3.03. The Morgan fingerprint density at radius 3 is 3.17 bits per heavy atom. The molecule has 1 fully saturated rings. The van der Waals surface area contributed by atoms with Crippen molar-refractivity contribution in [2.45, 2.75) is 12.5 Å². The maximum atomic E-state index is 14.1. The molecule has 5 rings (SSSR count). The normalized spacial score (nSPS) is 17.7. The van der Waals surface area contributed by atoms with E-state index in [9.17, 15) is 9.65 Å². The second kappa shape index (κ2) is 7.25. The second-order valence-corrected chi connectivity index (χ2v) is 7.84. The average Bonchev–Trinajstić information content (AvgIpc) is 3.54. The van der Waals surface area contributed by atoms with Crippen molar-refractivity contribution in [1.82, 2.24) is 29.7 Å². The summed E-state index contributed by atoms with van der Waals surface area (Å²) in [7, 11) is 0. The number of H-pyrrole nitrogens is 1. The molecule has 0 bridgehead atoms. The number of rotatable bonds is 5. The molecule has 146 valence electrons. The number of alkyl halides is 1. The standard InChI is InChI=1S/C19H17FN8S/c20-5-16(12-2-4-27(8-12)19-15(6-21)25-11-29-19)28-9-13(7-26-28)17-14-1-3-22-18(14)24-10-23-17/h1,3,7,9-12,16H,2,4-5,8H2,(H,22,23,24)/t12-,16?/m0/s1. The van der Waals surface area contributed by atoms with Crippen molar-refractivity contribution < 1.29 is 4.39 Å². The minimum Gasteiger partial charge on any atom is -0.361 e. The van der Waals surface area contributed by atoms with E-state index >= 15 is 0 Å². The summed E-state index contributed by atoms with van der Waals surface area (Å²) in [6.45, 7) is 0.953. The Balaban J connectivity index is 1.39. The van der Waals surface area contributed by atoms with Crippen LogP contribution in [0.4, 0.5) is 9.39 Å². The number of hydrogen-bond acceptors (Lipinski definition) is 7. The Morgan fingerprint density at radius 1 is 1.38 bits per heavy atom. The Labute approximate surface area is 169 Å². The quantitative estimate of drug-likeness (QED) is 0.544. The van der Waals surface area contributed by atoms with Crippen LogP contribution in [0.3, 0.4) is 0 Å².